The van der Waals surface area contributed by atoms with Crippen LogP contribution in [0.2, 0.25) is 0 Å². The summed E-state index contributed by atoms with van der Waals surface area (Å²) in [5.74, 6) is 0. The molecule has 1 aliphatic heterocycles. The molecule has 0 aromatic heterocycles. The maximum atomic E-state index is 3.90. The largest absolute Gasteiger partial charge is 0.355 e. The second-order valence-electron chi connectivity index (χ2n) is 18.1. The van der Waals surface area contributed by atoms with Crippen molar-refractivity contribution in [2.24, 2.45) is 0 Å². The van der Waals surface area contributed by atoms with Crippen LogP contribution in [-0.2, 0) is 10.8 Å². The third-order valence-corrected chi connectivity index (χ3v) is 13.1. The van der Waals surface area contributed by atoms with E-state index >= 15 is 0 Å². The summed E-state index contributed by atoms with van der Waals surface area (Å²) >= 11 is 0. The van der Waals surface area contributed by atoms with Gasteiger partial charge in [-0.3, -0.25) is 0 Å². The maximum absolute atomic E-state index is 3.90. The van der Waals surface area contributed by atoms with Crippen LogP contribution in [0.4, 0.5) is 28.4 Å². The fraction of sp³-hybridized carbons (Fsp3) is 0.179. The molecule has 0 spiro atoms. The monoisotopic (exact) mass is 761 g/mol. The summed E-state index contributed by atoms with van der Waals surface area (Å²) in [4.78, 5) is 2.58. The molecule has 0 amide bonds. The van der Waals surface area contributed by atoms with Crippen LogP contribution in [0.3, 0.4) is 0 Å². The highest BCUT2D eigenvalue weighted by Crippen LogP contribution is 2.49. The molecular formula is C56H50BN2. The summed E-state index contributed by atoms with van der Waals surface area (Å²) in [5, 5.41) is 6.33. The summed E-state index contributed by atoms with van der Waals surface area (Å²) in [6, 6.07) is 60.5. The molecule has 8 aromatic rings. The predicted molar refractivity (Wildman–Crippen MR) is 254 cm³/mol. The standard InChI is InChI=1S/C56H50BN2/c1-36-29-46(45-31-41-19-13-14-20-42(41)32-50(45)58-44-25-23-40(24-26-44)38-15-9-7-10-16-38)54-53(30-36)59(51-33-43(22-21-37(51)2)39-17-11-8-12-18-39)52-35-48-47(34-49(52)57-54)55(3,4)27-28-56(48,5)6/h7-26,29-35,58H,27-28H2,1-6H3. The highest BCUT2D eigenvalue weighted by molar-refractivity contribution is 6.73. The van der Waals surface area contributed by atoms with E-state index < -0.39 is 0 Å². The lowest BCUT2D eigenvalue weighted by Gasteiger charge is -2.44. The molecule has 287 valence electrons. The highest BCUT2D eigenvalue weighted by Gasteiger charge is 2.40. The molecule has 0 unspecified atom stereocenters. The zero-order valence-corrected chi connectivity index (χ0v) is 35.0. The number of benzene rings is 8. The molecule has 1 aliphatic carbocycles. The number of nitrogens with one attached hydrogen (secondary N) is 1. The smallest absolute Gasteiger partial charge is 0.197 e. The minimum absolute atomic E-state index is 0.0789. The molecule has 3 heteroatoms. The molecule has 10 rings (SSSR count). The minimum atomic E-state index is 0.0789. The van der Waals surface area contributed by atoms with Crippen molar-refractivity contribution in [2.75, 3.05) is 10.2 Å². The summed E-state index contributed by atoms with van der Waals surface area (Å²) in [7, 11) is 2.48. The van der Waals surface area contributed by atoms with Crippen LogP contribution in [-0.4, -0.2) is 7.28 Å². The number of fused-ring (bicyclic) bond motifs is 4. The van der Waals surface area contributed by atoms with Gasteiger partial charge in [-0.15, -0.1) is 0 Å². The third kappa shape index (κ3) is 6.63. The van der Waals surface area contributed by atoms with Gasteiger partial charge in [0.05, 0.1) is 0 Å². The molecule has 8 aromatic carbocycles. The van der Waals surface area contributed by atoms with E-state index in [1.54, 1.807) is 0 Å². The first-order valence-electron chi connectivity index (χ1n) is 21.1. The number of anilines is 5. The van der Waals surface area contributed by atoms with E-state index in [0.717, 1.165) is 11.4 Å². The number of nitrogens with zero attached hydrogens (tertiary/aromatic N) is 1. The van der Waals surface area contributed by atoms with Crippen molar-refractivity contribution in [3.05, 3.63) is 186 Å². The van der Waals surface area contributed by atoms with Crippen LogP contribution in [0.25, 0.3) is 44.2 Å². The lowest BCUT2D eigenvalue weighted by Crippen LogP contribution is -2.44. The molecule has 0 bridgehead atoms. The van der Waals surface area contributed by atoms with Gasteiger partial charge >= 0.3 is 0 Å². The van der Waals surface area contributed by atoms with E-state index in [1.165, 1.54) is 107 Å². The van der Waals surface area contributed by atoms with Gasteiger partial charge in [-0.25, -0.2) is 0 Å². The number of rotatable bonds is 6. The quantitative estimate of drug-likeness (QED) is 0.170. The second kappa shape index (κ2) is 14.2. The van der Waals surface area contributed by atoms with E-state index in [4.69, 9.17) is 0 Å². The Labute approximate surface area is 350 Å². The molecule has 59 heavy (non-hydrogen) atoms. The SMILES string of the molecule is Cc1cc(-c2cc3ccccc3cc2Nc2ccc(-c3ccccc3)cc2)c2c(c1)N(c1cc(-c3ccccc3)ccc1C)c1cc3c(cc1[B]2)C(C)(C)CCC3(C)C. The zero-order valence-electron chi connectivity index (χ0n) is 35.0. The summed E-state index contributed by atoms with van der Waals surface area (Å²) in [5.41, 5.74) is 21.2. The van der Waals surface area contributed by atoms with Crippen LogP contribution < -0.4 is 21.1 Å². The number of hydrogen-bond acceptors (Lipinski definition) is 2. The van der Waals surface area contributed by atoms with Gasteiger partial charge in [0.25, 0.3) is 0 Å². The molecule has 1 N–H and O–H groups in total. The van der Waals surface area contributed by atoms with Crippen molar-refractivity contribution < 1.29 is 0 Å². The number of aryl methyl sites for hydroxylation is 2. The summed E-state index contributed by atoms with van der Waals surface area (Å²) < 4.78 is 0. The molecule has 2 nitrogen and oxygen atoms in total. The molecular weight excluding hydrogens is 711 g/mol. The summed E-state index contributed by atoms with van der Waals surface area (Å²) in [6.07, 6.45) is 2.35. The van der Waals surface area contributed by atoms with Crippen LogP contribution in [0.15, 0.2) is 164 Å². The van der Waals surface area contributed by atoms with E-state index in [1.807, 2.05) is 0 Å². The molecule has 0 atom stereocenters. The lowest BCUT2D eigenvalue weighted by molar-refractivity contribution is 0.332. The Morgan fingerprint density at radius 1 is 0.492 bits per heavy atom. The minimum Gasteiger partial charge on any atom is -0.355 e. The Kier molecular flexibility index (Phi) is 8.90. The predicted octanol–water partition coefficient (Wildman–Crippen LogP) is 14.0. The molecule has 0 saturated carbocycles. The molecule has 1 radical (unpaired) electrons. The lowest BCUT2D eigenvalue weighted by atomic mass is 9.55. The average Bonchev–Trinajstić information content (AvgIpc) is 3.25. The van der Waals surface area contributed by atoms with Gasteiger partial charge in [-0.05, 0) is 146 Å². The van der Waals surface area contributed by atoms with Gasteiger partial charge in [-0.1, -0.05) is 154 Å². The maximum Gasteiger partial charge on any atom is 0.197 e. The van der Waals surface area contributed by atoms with Gasteiger partial charge in [0.15, 0.2) is 7.28 Å². The highest BCUT2D eigenvalue weighted by atomic mass is 15.2. The Bertz CT molecular complexity index is 2890. The average molecular weight is 762 g/mol. The topological polar surface area (TPSA) is 15.3 Å². The van der Waals surface area contributed by atoms with Crippen LogP contribution in [0.1, 0.15) is 62.8 Å². The first-order chi connectivity index (χ1) is 28.5. The fourth-order valence-electron chi connectivity index (χ4n) is 9.57. The number of hydrogen-bond donors (Lipinski definition) is 1. The van der Waals surface area contributed by atoms with Crippen molar-refractivity contribution in [3.63, 3.8) is 0 Å². The van der Waals surface area contributed by atoms with Crippen molar-refractivity contribution in [2.45, 2.75) is 65.2 Å². The van der Waals surface area contributed by atoms with E-state index in [9.17, 15) is 0 Å². The summed E-state index contributed by atoms with van der Waals surface area (Å²) in [6.45, 7) is 14.3. The Morgan fingerprint density at radius 2 is 1.07 bits per heavy atom. The zero-order chi connectivity index (χ0) is 40.5. The molecule has 0 saturated heterocycles. The second-order valence-corrected chi connectivity index (χ2v) is 18.1. The van der Waals surface area contributed by atoms with Crippen molar-refractivity contribution >= 4 is 57.4 Å². The molecule has 1 heterocycles. The Morgan fingerprint density at radius 3 is 1.75 bits per heavy atom. The van der Waals surface area contributed by atoms with Crippen LogP contribution in [0.5, 0.6) is 0 Å². The first-order valence-corrected chi connectivity index (χ1v) is 21.1. The van der Waals surface area contributed by atoms with Crippen molar-refractivity contribution in [3.8, 4) is 33.4 Å². The van der Waals surface area contributed by atoms with Crippen LogP contribution >= 0.6 is 0 Å². The van der Waals surface area contributed by atoms with Gasteiger partial charge in [0.2, 0.25) is 0 Å². The van der Waals surface area contributed by atoms with Crippen LogP contribution in [0, 0.1) is 13.8 Å². The van der Waals surface area contributed by atoms with Gasteiger partial charge in [0, 0.05) is 34.0 Å². The van der Waals surface area contributed by atoms with Gasteiger partial charge in [0.1, 0.15) is 0 Å². The van der Waals surface area contributed by atoms with E-state index in [0.29, 0.717) is 0 Å². The molecule has 2 aliphatic rings. The van der Waals surface area contributed by atoms with E-state index in [2.05, 4.69) is 223 Å². The third-order valence-electron chi connectivity index (χ3n) is 13.1. The fourth-order valence-corrected chi connectivity index (χ4v) is 9.57. The van der Waals surface area contributed by atoms with Crippen molar-refractivity contribution in [1.82, 2.24) is 0 Å². The van der Waals surface area contributed by atoms with E-state index in [-0.39, 0.29) is 10.8 Å². The molecule has 0 fully saturated rings. The Hall–Kier alpha value is -6.32. The van der Waals surface area contributed by atoms with Gasteiger partial charge in [-0.2, -0.15) is 0 Å². The first kappa shape index (κ1) is 37.0. The van der Waals surface area contributed by atoms with Gasteiger partial charge < -0.3 is 10.2 Å². The van der Waals surface area contributed by atoms with Crippen molar-refractivity contribution in [1.29, 1.82) is 0 Å². The normalized spacial score (nSPS) is 14.8. The Balaban J connectivity index is 1.19.